The molecule has 0 amide bonds. The molecule has 0 radical (unpaired) electrons. The average Bonchev–Trinajstić information content (AvgIpc) is 3.34. The van der Waals surface area contributed by atoms with Crippen LogP contribution >= 0.6 is 0 Å². The number of hydrogen-bond acceptors (Lipinski definition) is 5. The molecular weight excluding hydrogens is 507 g/mol. The van der Waals surface area contributed by atoms with Gasteiger partial charge in [-0.3, -0.25) is 14.1 Å². The molecule has 1 spiro atoms. The summed E-state index contributed by atoms with van der Waals surface area (Å²) >= 11 is 0. The topological polar surface area (TPSA) is 109 Å². The van der Waals surface area contributed by atoms with Crippen molar-refractivity contribution in [3.05, 3.63) is 90.0 Å². The van der Waals surface area contributed by atoms with E-state index >= 15 is 0 Å². The second kappa shape index (κ2) is 12.4. The van der Waals surface area contributed by atoms with Gasteiger partial charge >= 0.3 is 10.4 Å². The van der Waals surface area contributed by atoms with E-state index in [2.05, 4.69) is 46.7 Å². The van der Waals surface area contributed by atoms with E-state index in [-0.39, 0.29) is 16.8 Å². The van der Waals surface area contributed by atoms with Gasteiger partial charge in [0, 0.05) is 31.0 Å². The minimum atomic E-state index is -4.67. The monoisotopic (exact) mass is 542 g/mol. The van der Waals surface area contributed by atoms with Crippen LogP contribution in [0, 0.1) is 5.82 Å². The first-order valence-corrected chi connectivity index (χ1v) is 14.4. The molecule has 1 aliphatic carbocycles. The van der Waals surface area contributed by atoms with E-state index in [1.807, 2.05) is 24.5 Å². The molecule has 9 heteroatoms. The Morgan fingerprint density at radius 3 is 2.29 bits per heavy atom. The molecule has 2 fully saturated rings. The lowest BCUT2D eigenvalue weighted by Crippen LogP contribution is -2.47. The van der Waals surface area contributed by atoms with Crippen LogP contribution in [0.15, 0.2) is 73.1 Å². The summed E-state index contributed by atoms with van der Waals surface area (Å²) in [4.78, 5) is 4.15. The molecule has 0 bridgehead atoms. The maximum atomic E-state index is 13.7. The minimum absolute atomic E-state index is 0.0145. The second-order valence-corrected chi connectivity index (χ2v) is 11.1. The van der Waals surface area contributed by atoms with E-state index in [9.17, 15) is 4.39 Å². The van der Waals surface area contributed by atoms with E-state index < -0.39 is 10.4 Å². The third-order valence-electron chi connectivity index (χ3n) is 7.73. The van der Waals surface area contributed by atoms with Crippen molar-refractivity contribution < 1.29 is 26.7 Å². The first-order valence-electron chi connectivity index (χ1n) is 13.0. The molecular formula is C29H35FN2O5S. The van der Waals surface area contributed by atoms with Gasteiger partial charge in [0.25, 0.3) is 0 Å². The Labute approximate surface area is 224 Å². The lowest BCUT2D eigenvalue weighted by atomic mass is 9.66. The van der Waals surface area contributed by atoms with Crippen LogP contribution in [0.2, 0.25) is 0 Å². The van der Waals surface area contributed by atoms with Crippen molar-refractivity contribution in [1.82, 2.24) is 10.3 Å². The first-order chi connectivity index (χ1) is 18.2. The summed E-state index contributed by atoms with van der Waals surface area (Å²) in [7, 11) is -4.67. The van der Waals surface area contributed by atoms with Crippen molar-refractivity contribution in [3.8, 4) is 11.1 Å². The highest BCUT2D eigenvalue weighted by atomic mass is 32.3. The fraction of sp³-hybridized carbons (Fsp3) is 0.414. The van der Waals surface area contributed by atoms with Gasteiger partial charge in [0.1, 0.15) is 5.82 Å². The van der Waals surface area contributed by atoms with Gasteiger partial charge in [-0.25, -0.2) is 4.39 Å². The number of pyridine rings is 1. The summed E-state index contributed by atoms with van der Waals surface area (Å²) in [5.74, 6) is -0.164. The van der Waals surface area contributed by atoms with Crippen molar-refractivity contribution in [2.24, 2.45) is 0 Å². The van der Waals surface area contributed by atoms with Gasteiger partial charge in [-0.2, -0.15) is 8.42 Å². The van der Waals surface area contributed by atoms with Crippen molar-refractivity contribution in [2.75, 3.05) is 13.2 Å². The Hall–Kier alpha value is -2.69. The van der Waals surface area contributed by atoms with E-state index in [0.717, 1.165) is 51.8 Å². The molecule has 1 saturated heterocycles. The Bertz CT molecular complexity index is 1270. The maximum absolute atomic E-state index is 13.7. The molecule has 7 nitrogen and oxygen atoms in total. The molecule has 3 N–H and O–H groups in total. The van der Waals surface area contributed by atoms with Gasteiger partial charge in [-0.15, -0.1) is 0 Å². The number of halogens is 1. The van der Waals surface area contributed by atoms with Crippen LogP contribution in [0.5, 0.6) is 0 Å². The standard InChI is InChI=1S/C29H33FN2O.H2O4S/c30-26-9-7-25(8-10-26)28(16-20-33-29(22-28)13-3-4-14-29)15-19-32-21-24-5-1-2-6-27(24)23-11-17-31-18-12-23;1-5(2,3)4/h1-2,5-12,17-18,32H,3-4,13-16,19-22H2;(H2,1,2,3,4)/t28-;/m1./s1. The third-order valence-corrected chi connectivity index (χ3v) is 7.73. The molecule has 1 aliphatic heterocycles. The van der Waals surface area contributed by atoms with Crippen LogP contribution in [-0.4, -0.2) is 41.3 Å². The zero-order valence-corrected chi connectivity index (χ0v) is 22.2. The molecule has 1 atom stereocenters. The van der Waals surface area contributed by atoms with Crippen LogP contribution in [0.1, 0.15) is 56.1 Å². The van der Waals surface area contributed by atoms with Crippen molar-refractivity contribution in [2.45, 2.75) is 62.5 Å². The summed E-state index contributed by atoms with van der Waals surface area (Å²) in [5.41, 5.74) is 5.04. The highest BCUT2D eigenvalue weighted by molar-refractivity contribution is 7.79. The number of benzene rings is 2. The Kier molecular flexibility index (Phi) is 9.27. The van der Waals surface area contributed by atoms with Crippen molar-refractivity contribution in [1.29, 1.82) is 0 Å². The molecule has 204 valence electrons. The van der Waals surface area contributed by atoms with Gasteiger partial charge in [0.2, 0.25) is 0 Å². The Morgan fingerprint density at radius 1 is 0.947 bits per heavy atom. The van der Waals surface area contributed by atoms with E-state index in [0.29, 0.717) is 0 Å². The number of aromatic nitrogens is 1. The Morgan fingerprint density at radius 2 is 1.61 bits per heavy atom. The van der Waals surface area contributed by atoms with Crippen LogP contribution in [0.4, 0.5) is 4.39 Å². The van der Waals surface area contributed by atoms with Gasteiger partial charge in [-0.05, 0) is 85.2 Å². The maximum Gasteiger partial charge on any atom is 0.394 e. The highest BCUT2D eigenvalue weighted by Gasteiger charge is 2.47. The molecule has 1 saturated carbocycles. The van der Waals surface area contributed by atoms with Crippen molar-refractivity contribution in [3.63, 3.8) is 0 Å². The quantitative estimate of drug-likeness (QED) is 0.257. The lowest BCUT2D eigenvalue weighted by molar-refractivity contribution is -0.103. The zero-order chi connectivity index (χ0) is 27.1. The van der Waals surface area contributed by atoms with Crippen LogP contribution < -0.4 is 5.32 Å². The predicted octanol–water partition coefficient (Wildman–Crippen LogP) is 5.78. The minimum Gasteiger partial charge on any atom is -0.375 e. The number of nitrogens with zero attached hydrogens (tertiary/aromatic N) is 1. The second-order valence-electron chi connectivity index (χ2n) is 10.2. The summed E-state index contributed by atoms with van der Waals surface area (Å²) in [6, 6.07) is 19.9. The van der Waals surface area contributed by atoms with Crippen molar-refractivity contribution >= 4 is 10.4 Å². The Balaban J connectivity index is 0.000000617. The van der Waals surface area contributed by atoms with Gasteiger partial charge < -0.3 is 10.1 Å². The van der Waals surface area contributed by atoms with E-state index in [4.69, 9.17) is 22.3 Å². The van der Waals surface area contributed by atoms with E-state index in [1.165, 1.54) is 35.1 Å². The van der Waals surface area contributed by atoms with Crippen LogP contribution in [0.3, 0.4) is 0 Å². The van der Waals surface area contributed by atoms with Crippen LogP contribution in [-0.2, 0) is 27.1 Å². The van der Waals surface area contributed by atoms with Crippen LogP contribution in [0.25, 0.3) is 11.1 Å². The largest absolute Gasteiger partial charge is 0.394 e. The summed E-state index contributed by atoms with van der Waals surface area (Å²) in [5, 5.41) is 3.71. The zero-order valence-electron chi connectivity index (χ0n) is 21.4. The smallest absolute Gasteiger partial charge is 0.375 e. The number of ether oxygens (including phenoxy) is 1. The lowest BCUT2D eigenvalue weighted by Gasteiger charge is -2.47. The molecule has 2 aromatic carbocycles. The molecule has 5 rings (SSSR count). The molecule has 0 unspecified atom stereocenters. The highest BCUT2D eigenvalue weighted by Crippen LogP contribution is 2.50. The number of rotatable bonds is 7. The fourth-order valence-electron chi connectivity index (χ4n) is 6.01. The average molecular weight is 543 g/mol. The SMILES string of the molecule is Fc1ccc([C@]2(CCNCc3ccccc3-c3ccncc3)CCOC3(CCCC3)C2)cc1.O=S(=O)(O)O. The number of hydrogen-bond donors (Lipinski definition) is 3. The molecule has 3 aromatic rings. The molecule has 1 aromatic heterocycles. The summed E-state index contributed by atoms with van der Waals surface area (Å²) in [6.07, 6.45) is 11.6. The van der Waals surface area contributed by atoms with Gasteiger partial charge in [0.15, 0.2) is 0 Å². The molecule has 38 heavy (non-hydrogen) atoms. The normalized spacial score (nSPS) is 20.6. The first kappa shape index (κ1) is 28.3. The number of nitrogens with one attached hydrogen (secondary N) is 1. The van der Waals surface area contributed by atoms with E-state index in [1.54, 1.807) is 12.1 Å². The fourth-order valence-corrected chi connectivity index (χ4v) is 6.01. The van der Waals surface area contributed by atoms with Gasteiger partial charge in [0.05, 0.1) is 5.60 Å². The van der Waals surface area contributed by atoms with Gasteiger partial charge in [-0.1, -0.05) is 49.2 Å². The summed E-state index contributed by atoms with van der Waals surface area (Å²) in [6.45, 7) is 2.53. The summed E-state index contributed by atoms with van der Waals surface area (Å²) < 4.78 is 51.7. The molecule has 2 aliphatic rings. The molecule has 2 heterocycles. The third kappa shape index (κ3) is 7.68. The predicted molar refractivity (Wildman–Crippen MR) is 145 cm³/mol.